The summed E-state index contributed by atoms with van der Waals surface area (Å²) in [5.41, 5.74) is 5.81. The number of benzene rings is 1. The number of thioether (sulfide) groups is 1. The molecule has 0 aromatic heterocycles. The average Bonchev–Trinajstić information content (AvgIpc) is 2.49. The summed E-state index contributed by atoms with van der Waals surface area (Å²) in [6.07, 6.45) is 2.95. The van der Waals surface area contributed by atoms with Crippen LogP contribution in [0.4, 0.5) is 0 Å². The van der Waals surface area contributed by atoms with E-state index < -0.39 is 5.60 Å². The van der Waals surface area contributed by atoms with Crippen LogP contribution in [0.3, 0.4) is 0 Å². The lowest BCUT2D eigenvalue weighted by atomic mass is 9.91. The van der Waals surface area contributed by atoms with Crippen molar-refractivity contribution in [1.29, 1.82) is 0 Å². The molecule has 1 saturated heterocycles. The van der Waals surface area contributed by atoms with Crippen LogP contribution >= 0.6 is 11.8 Å². The quantitative estimate of drug-likeness (QED) is 0.839. The van der Waals surface area contributed by atoms with E-state index in [9.17, 15) is 5.11 Å². The van der Waals surface area contributed by atoms with Crippen LogP contribution in [-0.2, 0) is 10.3 Å². The third-order valence-electron chi connectivity index (χ3n) is 3.69. The lowest BCUT2D eigenvalue weighted by molar-refractivity contribution is 0.0430. The first-order chi connectivity index (χ1) is 9.24. The second kappa shape index (κ2) is 7.29. The van der Waals surface area contributed by atoms with Gasteiger partial charge in [-0.2, -0.15) is 11.8 Å². The van der Waals surface area contributed by atoms with Gasteiger partial charge >= 0.3 is 0 Å². The SMILES string of the molecule is NCC(O)(CCSC1CCOCC1)c1ccccc1. The summed E-state index contributed by atoms with van der Waals surface area (Å²) in [6.45, 7) is 2.01. The van der Waals surface area contributed by atoms with Crippen molar-refractivity contribution in [2.75, 3.05) is 25.5 Å². The van der Waals surface area contributed by atoms with Gasteiger partial charge in [0, 0.05) is 25.0 Å². The molecule has 1 unspecified atom stereocenters. The van der Waals surface area contributed by atoms with Gasteiger partial charge in [-0.3, -0.25) is 0 Å². The molecule has 0 spiro atoms. The second-order valence-electron chi connectivity index (χ2n) is 5.03. The van der Waals surface area contributed by atoms with E-state index in [1.807, 2.05) is 42.1 Å². The fourth-order valence-corrected chi connectivity index (χ4v) is 3.66. The van der Waals surface area contributed by atoms with Crippen molar-refractivity contribution in [2.45, 2.75) is 30.1 Å². The summed E-state index contributed by atoms with van der Waals surface area (Å²) < 4.78 is 5.35. The summed E-state index contributed by atoms with van der Waals surface area (Å²) in [6, 6.07) is 9.75. The molecule has 4 heteroatoms. The monoisotopic (exact) mass is 281 g/mol. The molecule has 3 nitrogen and oxygen atoms in total. The first kappa shape index (κ1) is 14.9. The molecule has 0 bridgehead atoms. The molecule has 106 valence electrons. The highest BCUT2D eigenvalue weighted by molar-refractivity contribution is 7.99. The molecule has 1 heterocycles. The second-order valence-corrected chi connectivity index (χ2v) is 6.44. The standard InChI is InChI=1S/C15H23NO2S/c16-12-15(17,13-4-2-1-3-5-13)8-11-19-14-6-9-18-10-7-14/h1-5,14,17H,6-12,16H2. The van der Waals surface area contributed by atoms with Crippen molar-refractivity contribution >= 4 is 11.8 Å². The van der Waals surface area contributed by atoms with E-state index in [1.165, 1.54) is 0 Å². The molecule has 0 aliphatic carbocycles. The minimum atomic E-state index is -0.889. The van der Waals surface area contributed by atoms with E-state index >= 15 is 0 Å². The molecule has 1 aliphatic heterocycles. The van der Waals surface area contributed by atoms with E-state index in [2.05, 4.69) is 0 Å². The third kappa shape index (κ3) is 4.21. The van der Waals surface area contributed by atoms with Gasteiger partial charge in [0.2, 0.25) is 0 Å². The minimum Gasteiger partial charge on any atom is -0.384 e. The number of hydrogen-bond donors (Lipinski definition) is 2. The van der Waals surface area contributed by atoms with Crippen molar-refractivity contribution < 1.29 is 9.84 Å². The van der Waals surface area contributed by atoms with Crippen LogP contribution in [-0.4, -0.2) is 35.9 Å². The zero-order valence-corrected chi connectivity index (χ0v) is 12.1. The van der Waals surface area contributed by atoms with Crippen LogP contribution in [0.25, 0.3) is 0 Å². The maximum absolute atomic E-state index is 10.7. The lowest BCUT2D eigenvalue weighted by Gasteiger charge is -2.28. The molecule has 1 aromatic rings. The maximum Gasteiger partial charge on any atom is 0.103 e. The normalized spacial score (nSPS) is 20.1. The molecule has 1 aliphatic rings. The molecule has 1 atom stereocenters. The smallest absolute Gasteiger partial charge is 0.103 e. The number of hydrogen-bond acceptors (Lipinski definition) is 4. The largest absolute Gasteiger partial charge is 0.384 e. The van der Waals surface area contributed by atoms with Gasteiger partial charge in [-0.25, -0.2) is 0 Å². The van der Waals surface area contributed by atoms with Gasteiger partial charge in [-0.15, -0.1) is 0 Å². The highest BCUT2D eigenvalue weighted by Gasteiger charge is 2.27. The first-order valence-electron chi connectivity index (χ1n) is 6.92. The molecular formula is C15H23NO2S. The van der Waals surface area contributed by atoms with Crippen LogP contribution in [0.5, 0.6) is 0 Å². The highest BCUT2D eigenvalue weighted by atomic mass is 32.2. The predicted octanol–water partition coefficient (Wildman–Crippen LogP) is 2.14. The number of ether oxygens (including phenoxy) is 1. The van der Waals surface area contributed by atoms with Crippen molar-refractivity contribution in [3.63, 3.8) is 0 Å². The van der Waals surface area contributed by atoms with Gasteiger partial charge in [0.25, 0.3) is 0 Å². The predicted molar refractivity (Wildman–Crippen MR) is 80.3 cm³/mol. The van der Waals surface area contributed by atoms with Gasteiger partial charge in [0.15, 0.2) is 0 Å². The van der Waals surface area contributed by atoms with E-state index in [4.69, 9.17) is 10.5 Å². The number of aliphatic hydroxyl groups is 1. The molecule has 0 saturated carbocycles. The zero-order valence-electron chi connectivity index (χ0n) is 11.3. The Labute approximate surface area is 119 Å². The Morgan fingerprint density at radius 3 is 2.58 bits per heavy atom. The molecule has 0 amide bonds. The van der Waals surface area contributed by atoms with Gasteiger partial charge in [0.1, 0.15) is 5.60 Å². The molecule has 1 fully saturated rings. The van der Waals surface area contributed by atoms with Crippen molar-refractivity contribution in [2.24, 2.45) is 5.73 Å². The fraction of sp³-hybridized carbons (Fsp3) is 0.600. The minimum absolute atomic E-state index is 0.269. The van der Waals surface area contributed by atoms with Gasteiger partial charge < -0.3 is 15.6 Å². The average molecular weight is 281 g/mol. The number of rotatable bonds is 6. The van der Waals surface area contributed by atoms with Crippen molar-refractivity contribution in [3.05, 3.63) is 35.9 Å². The molecule has 3 N–H and O–H groups in total. The Kier molecular flexibility index (Phi) is 5.70. The zero-order chi connectivity index (χ0) is 13.6. The Bertz CT molecular complexity index is 368. The van der Waals surface area contributed by atoms with E-state index in [-0.39, 0.29) is 6.54 Å². The summed E-state index contributed by atoms with van der Waals surface area (Å²) in [4.78, 5) is 0. The first-order valence-corrected chi connectivity index (χ1v) is 7.97. The van der Waals surface area contributed by atoms with E-state index in [0.29, 0.717) is 11.7 Å². The van der Waals surface area contributed by atoms with Crippen LogP contribution in [0.15, 0.2) is 30.3 Å². The van der Waals surface area contributed by atoms with Gasteiger partial charge in [-0.1, -0.05) is 30.3 Å². The van der Waals surface area contributed by atoms with Crippen LogP contribution in [0.1, 0.15) is 24.8 Å². The van der Waals surface area contributed by atoms with Crippen LogP contribution in [0, 0.1) is 0 Å². The van der Waals surface area contributed by atoms with Crippen molar-refractivity contribution in [3.8, 4) is 0 Å². The molecule has 0 radical (unpaired) electrons. The highest BCUT2D eigenvalue weighted by Crippen LogP contribution is 2.29. The molecule has 19 heavy (non-hydrogen) atoms. The van der Waals surface area contributed by atoms with Gasteiger partial charge in [-0.05, 0) is 30.6 Å². The Morgan fingerprint density at radius 2 is 1.95 bits per heavy atom. The van der Waals surface area contributed by atoms with Crippen LogP contribution < -0.4 is 5.73 Å². The summed E-state index contributed by atoms with van der Waals surface area (Å²) >= 11 is 1.94. The van der Waals surface area contributed by atoms with E-state index in [0.717, 1.165) is 37.4 Å². The summed E-state index contributed by atoms with van der Waals surface area (Å²) in [5, 5.41) is 11.3. The maximum atomic E-state index is 10.7. The Hall–Kier alpha value is -0.550. The van der Waals surface area contributed by atoms with Crippen molar-refractivity contribution in [1.82, 2.24) is 0 Å². The third-order valence-corrected chi connectivity index (χ3v) is 5.07. The number of nitrogens with two attached hydrogens (primary N) is 1. The Balaban J connectivity index is 1.85. The topological polar surface area (TPSA) is 55.5 Å². The van der Waals surface area contributed by atoms with Crippen LogP contribution in [0.2, 0.25) is 0 Å². The Morgan fingerprint density at radius 1 is 1.26 bits per heavy atom. The summed E-state index contributed by atoms with van der Waals surface area (Å²) in [7, 11) is 0. The molecule has 1 aromatic carbocycles. The van der Waals surface area contributed by atoms with Gasteiger partial charge in [0.05, 0.1) is 0 Å². The fourth-order valence-electron chi connectivity index (χ4n) is 2.35. The summed E-state index contributed by atoms with van der Waals surface area (Å²) in [5.74, 6) is 0.938. The molecule has 2 rings (SSSR count). The van der Waals surface area contributed by atoms with E-state index in [1.54, 1.807) is 0 Å². The lowest BCUT2D eigenvalue weighted by Crippen LogP contribution is -2.35. The molecular weight excluding hydrogens is 258 g/mol.